The van der Waals surface area contributed by atoms with Crippen LogP contribution in [-0.2, 0) is 9.59 Å². The lowest BCUT2D eigenvalue weighted by atomic mass is 10.2. The first-order valence-corrected chi connectivity index (χ1v) is 5.71. The van der Waals surface area contributed by atoms with Crippen molar-refractivity contribution in [2.24, 2.45) is 0 Å². The molecule has 0 unspecified atom stereocenters. The van der Waals surface area contributed by atoms with Crippen molar-refractivity contribution in [3.63, 3.8) is 0 Å². The number of benzene rings is 1. The monoisotopic (exact) mass is 294 g/mol. The molecule has 0 bridgehead atoms. The van der Waals surface area contributed by atoms with Gasteiger partial charge in [0, 0.05) is 0 Å². The maximum absolute atomic E-state index is 12.0. The van der Waals surface area contributed by atoms with E-state index >= 15 is 0 Å². The predicted molar refractivity (Wildman–Crippen MR) is 68.2 cm³/mol. The second kappa shape index (κ2) is 5.90. The van der Waals surface area contributed by atoms with Gasteiger partial charge in [-0.1, -0.05) is 22.1 Å². The van der Waals surface area contributed by atoms with Crippen LogP contribution in [0.1, 0.15) is 0 Å². The lowest BCUT2D eigenvalue weighted by Crippen LogP contribution is -2.33. The van der Waals surface area contributed by atoms with E-state index in [1.807, 2.05) is 0 Å². The zero-order valence-corrected chi connectivity index (χ0v) is 10.6. The van der Waals surface area contributed by atoms with Crippen LogP contribution < -0.4 is 15.1 Å². The molecule has 21 heavy (non-hydrogen) atoms. The van der Waals surface area contributed by atoms with E-state index in [0.717, 1.165) is 0 Å². The number of nitrogens with zero attached hydrogens (tertiary/aromatic N) is 2. The molecule has 0 aliphatic heterocycles. The quantitative estimate of drug-likeness (QED) is 0.721. The van der Waals surface area contributed by atoms with Crippen molar-refractivity contribution in [2.45, 2.75) is 0 Å². The molecule has 1 aromatic heterocycles. The summed E-state index contributed by atoms with van der Waals surface area (Å²) in [5, 5.41) is 21.3. The van der Waals surface area contributed by atoms with Gasteiger partial charge in [-0.15, -0.1) is 0 Å². The molecule has 9 heteroatoms. The summed E-state index contributed by atoms with van der Waals surface area (Å²) in [4.78, 5) is 38.2. The number of fused-ring (bicyclic) bond motifs is 1. The summed E-state index contributed by atoms with van der Waals surface area (Å²) in [6.07, 6.45) is 0. The molecule has 0 fully saturated rings. The molecule has 0 saturated heterocycles. The summed E-state index contributed by atoms with van der Waals surface area (Å²) >= 11 is 0. The van der Waals surface area contributed by atoms with E-state index in [1.54, 1.807) is 12.1 Å². The highest BCUT2D eigenvalue weighted by molar-refractivity contribution is 5.86. The Morgan fingerprint density at radius 2 is 1.71 bits per heavy atom. The van der Waals surface area contributed by atoms with Crippen LogP contribution in [0.3, 0.4) is 0 Å². The topological polar surface area (TPSA) is 128 Å². The maximum Gasteiger partial charge on any atom is 0.344 e. The van der Waals surface area contributed by atoms with E-state index in [9.17, 15) is 14.4 Å². The minimum absolute atomic E-state index is 0.141. The molecular weight excluding hydrogens is 284 g/mol. The van der Waals surface area contributed by atoms with Crippen LogP contribution in [-0.4, -0.2) is 45.3 Å². The van der Waals surface area contributed by atoms with Crippen LogP contribution in [0.4, 0.5) is 0 Å². The number of hydrogen-bond donors (Lipinski definition) is 2. The van der Waals surface area contributed by atoms with Gasteiger partial charge in [0.25, 0.3) is 0 Å². The molecule has 2 N–H and O–H groups in total. The first kappa shape index (κ1) is 14.3. The van der Waals surface area contributed by atoms with Gasteiger partial charge in [-0.3, -0.25) is 4.79 Å². The average Bonchev–Trinajstić information content (AvgIpc) is 2.45. The van der Waals surface area contributed by atoms with E-state index in [4.69, 9.17) is 19.8 Å². The number of carbonyl (C=O) groups is 2. The van der Waals surface area contributed by atoms with E-state index in [-0.39, 0.29) is 11.3 Å². The Balaban J connectivity index is 2.49. The molecule has 0 aliphatic rings. The molecule has 2 rings (SSSR count). The highest BCUT2D eigenvalue weighted by atomic mass is 16.7. The van der Waals surface area contributed by atoms with Crippen molar-refractivity contribution in [1.29, 1.82) is 0 Å². The highest BCUT2D eigenvalue weighted by Crippen LogP contribution is 2.19. The minimum Gasteiger partial charge on any atom is -0.479 e. The summed E-state index contributed by atoms with van der Waals surface area (Å²) in [5.74, 6) is -2.65. The van der Waals surface area contributed by atoms with Crippen molar-refractivity contribution in [2.75, 3.05) is 13.2 Å². The SMILES string of the molecule is O=C(O)COc1nn(OCC(=O)O)c(=O)c2ccccc12. The number of hydrogen-bond acceptors (Lipinski definition) is 6. The first-order chi connectivity index (χ1) is 9.99. The number of rotatable bonds is 6. The van der Waals surface area contributed by atoms with Gasteiger partial charge in [-0.2, -0.15) is 0 Å². The Bertz CT molecular complexity index is 753. The fourth-order valence-corrected chi connectivity index (χ4v) is 1.58. The average molecular weight is 294 g/mol. The van der Waals surface area contributed by atoms with Gasteiger partial charge in [0.15, 0.2) is 6.61 Å². The molecule has 110 valence electrons. The number of carboxylic acids is 2. The van der Waals surface area contributed by atoms with E-state index in [1.165, 1.54) is 12.1 Å². The third kappa shape index (κ3) is 3.26. The van der Waals surface area contributed by atoms with Gasteiger partial charge in [0.2, 0.25) is 12.5 Å². The van der Waals surface area contributed by atoms with Crippen LogP contribution >= 0.6 is 0 Å². The molecule has 0 spiro atoms. The third-order valence-electron chi connectivity index (χ3n) is 2.39. The van der Waals surface area contributed by atoms with Crippen molar-refractivity contribution in [3.8, 4) is 5.88 Å². The Morgan fingerprint density at radius 1 is 1.10 bits per heavy atom. The van der Waals surface area contributed by atoms with Gasteiger partial charge in [-0.05, 0) is 12.1 Å². The fraction of sp³-hybridized carbons (Fsp3) is 0.167. The molecule has 0 amide bonds. The summed E-state index contributed by atoms with van der Waals surface area (Å²) in [7, 11) is 0. The summed E-state index contributed by atoms with van der Waals surface area (Å²) in [6.45, 7) is -1.43. The third-order valence-corrected chi connectivity index (χ3v) is 2.39. The van der Waals surface area contributed by atoms with E-state index < -0.39 is 30.7 Å². The van der Waals surface area contributed by atoms with Crippen LogP contribution in [0, 0.1) is 0 Å². The van der Waals surface area contributed by atoms with Crippen LogP contribution in [0.15, 0.2) is 29.1 Å². The zero-order valence-electron chi connectivity index (χ0n) is 10.6. The molecule has 0 saturated carbocycles. The lowest BCUT2D eigenvalue weighted by molar-refractivity contribution is -0.143. The van der Waals surface area contributed by atoms with Crippen molar-refractivity contribution >= 4 is 22.7 Å². The summed E-state index contributed by atoms with van der Waals surface area (Å²) < 4.78 is 4.99. The second-order valence-electron chi connectivity index (χ2n) is 3.88. The normalized spacial score (nSPS) is 10.3. The molecule has 1 heterocycles. The van der Waals surface area contributed by atoms with E-state index in [2.05, 4.69) is 5.10 Å². The molecular formula is C12H10N2O7. The fourth-order valence-electron chi connectivity index (χ4n) is 1.58. The van der Waals surface area contributed by atoms with Crippen LogP contribution in [0.25, 0.3) is 10.8 Å². The highest BCUT2D eigenvalue weighted by Gasteiger charge is 2.14. The lowest BCUT2D eigenvalue weighted by Gasteiger charge is -2.10. The summed E-state index contributed by atoms with van der Waals surface area (Å²) in [5.41, 5.74) is -0.672. The number of aliphatic carboxylic acids is 2. The first-order valence-electron chi connectivity index (χ1n) is 5.71. The second-order valence-corrected chi connectivity index (χ2v) is 3.88. The molecule has 1 aromatic carbocycles. The Morgan fingerprint density at radius 3 is 2.33 bits per heavy atom. The smallest absolute Gasteiger partial charge is 0.344 e. The van der Waals surface area contributed by atoms with Crippen molar-refractivity contribution in [3.05, 3.63) is 34.6 Å². The van der Waals surface area contributed by atoms with Gasteiger partial charge in [0.1, 0.15) is 0 Å². The van der Waals surface area contributed by atoms with Gasteiger partial charge < -0.3 is 19.8 Å². The van der Waals surface area contributed by atoms with Gasteiger partial charge in [-0.25, -0.2) is 9.59 Å². The Hall–Kier alpha value is -3.10. The molecule has 0 radical (unpaired) electrons. The molecule has 2 aromatic rings. The zero-order chi connectivity index (χ0) is 15.4. The Kier molecular flexibility index (Phi) is 4.02. The number of carboxylic acid groups (broad SMARTS) is 2. The summed E-state index contributed by atoms with van der Waals surface area (Å²) in [6, 6.07) is 6.21. The van der Waals surface area contributed by atoms with Gasteiger partial charge in [0.05, 0.1) is 10.8 Å². The largest absolute Gasteiger partial charge is 0.479 e. The number of ether oxygens (including phenoxy) is 1. The standard InChI is InChI=1S/C12H10N2O7/c15-9(16)5-20-11-7-3-1-2-4-8(7)12(19)14(13-11)21-6-10(17)18/h1-4H,5-6H2,(H,15,16)(H,17,18). The van der Waals surface area contributed by atoms with Gasteiger partial charge >= 0.3 is 17.5 Å². The minimum atomic E-state index is -1.29. The van der Waals surface area contributed by atoms with Crippen LogP contribution in [0.2, 0.25) is 0 Å². The van der Waals surface area contributed by atoms with Crippen LogP contribution in [0.5, 0.6) is 5.88 Å². The van der Waals surface area contributed by atoms with Crippen molar-refractivity contribution < 1.29 is 29.4 Å². The number of aromatic nitrogens is 2. The van der Waals surface area contributed by atoms with Crippen molar-refractivity contribution in [1.82, 2.24) is 9.94 Å². The molecule has 0 atom stereocenters. The predicted octanol–water partition coefficient (Wildman–Crippen LogP) is -0.627. The molecule has 0 aliphatic carbocycles. The molecule has 9 nitrogen and oxygen atoms in total. The maximum atomic E-state index is 12.0. The van der Waals surface area contributed by atoms with E-state index in [0.29, 0.717) is 10.2 Å². The Labute approximate surface area is 116 Å².